The molecule has 1 aliphatic heterocycles. The number of carbonyl (C=O) groups is 2. The van der Waals surface area contributed by atoms with Gasteiger partial charge in [-0.25, -0.2) is 4.39 Å². The maximum absolute atomic E-state index is 13.6. The van der Waals surface area contributed by atoms with Gasteiger partial charge in [0, 0.05) is 42.8 Å². The maximum Gasteiger partial charge on any atom is 0.289 e. The first kappa shape index (κ1) is 16.4. The Labute approximate surface area is 149 Å². The number of nitrogens with zero attached hydrogens (tertiary/aromatic N) is 2. The van der Waals surface area contributed by atoms with Gasteiger partial charge in [-0.05, 0) is 37.3 Å². The summed E-state index contributed by atoms with van der Waals surface area (Å²) < 4.78 is 18.8. The van der Waals surface area contributed by atoms with E-state index in [-0.39, 0.29) is 17.6 Å². The molecule has 0 atom stereocenters. The lowest BCUT2D eigenvalue weighted by Crippen LogP contribution is -2.50. The quantitative estimate of drug-likeness (QED) is 0.768. The third kappa shape index (κ3) is 2.75. The van der Waals surface area contributed by atoms with E-state index in [0.29, 0.717) is 48.6 Å². The molecular weight excluding hydrogens is 337 g/mol. The predicted molar refractivity (Wildman–Crippen MR) is 93.5 cm³/mol. The lowest BCUT2D eigenvalue weighted by molar-refractivity contribution is 0.0518. The van der Waals surface area contributed by atoms with Crippen molar-refractivity contribution in [1.82, 2.24) is 14.8 Å². The Balaban J connectivity index is 1.51. The Morgan fingerprint density at radius 3 is 2.42 bits per heavy atom. The SMILES string of the molecule is Cc1[nH]c2ccc(F)cc2c1C(=O)N1CCN(C(=O)c2ccco2)CC1. The zero-order chi connectivity index (χ0) is 18.3. The topological polar surface area (TPSA) is 69.6 Å². The van der Waals surface area contributed by atoms with Gasteiger partial charge in [-0.1, -0.05) is 0 Å². The first-order valence-electron chi connectivity index (χ1n) is 8.44. The van der Waals surface area contributed by atoms with Crippen LogP contribution in [0.4, 0.5) is 4.39 Å². The molecule has 7 heteroatoms. The van der Waals surface area contributed by atoms with Crippen LogP contribution >= 0.6 is 0 Å². The van der Waals surface area contributed by atoms with Gasteiger partial charge in [-0.3, -0.25) is 9.59 Å². The summed E-state index contributed by atoms with van der Waals surface area (Å²) in [4.78, 5) is 31.8. The molecule has 3 aromatic rings. The molecule has 2 amide bonds. The highest BCUT2D eigenvalue weighted by Crippen LogP contribution is 2.25. The van der Waals surface area contributed by atoms with E-state index in [1.54, 1.807) is 28.0 Å². The van der Waals surface area contributed by atoms with Crippen molar-refractivity contribution in [2.75, 3.05) is 26.2 Å². The van der Waals surface area contributed by atoms with Gasteiger partial charge in [0.25, 0.3) is 11.8 Å². The minimum Gasteiger partial charge on any atom is -0.459 e. The van der Waals surface area contributed by atoms with E-state index in [1.807, 2.05) is 6.92 Å². The van der Waals surface area contributed by atoms with E-state index < -0.39 is 0 Å². The third-order valence-corrected chi connectivity index (χ3v) is 4.75. The highest BCUT2D eigenvalue weighted by atomic mass is 19.1. The molecule has 0 spiro atoms. The third-order valence-electron chi connectivity index (χ3n) is 4.75. The fraction of sp³-hybridized carbons (Fsp3) is 0.263. The predicted octanol–water partition coefficient (Wildman–Crippen LogP) is 2.81. The second-order valence-electron chi connectivity index (χ2n) is 6.38. The van der Waals surface area contributed by atoms with Crippen molar-refractivity contribution in [2.45, 2.75) is 6.92 Å². The smallest absolute Gasteiger partial charge is 0.289 e. The Morgan fingerprint density at radius 1 is 1.08 bits per heavy atom. The van der Waals surface area contributed by atoms with Gasteiger partial charge >= 0.3 is 0 Å². The summed E-state index contributed by atoms with van der Waals surface area (Å²) in [5.41, 5.74) is 1.94. The van der Waals surface area contributed by atoms with Crippen LogP contribution < -0.4 is 0 Å². The number of rotatable bonds is 2. The molecule has 0 unspecified atom stereocenters. The minimum atomic E-state index is -0.376. The molecule has 4 rings (SSSR count). The number of hydrogen-bond acceptors (Lipinski definition) is 3. The largest absolute Gasteiger partial charge is 0.459 e. The molecule has 1 fully saturated rings. The van der Waals surface area contributed by atoms with Crippen LogP contribution in [0.3, 0.4) is 0 Å². The van der Waals surface area contributed by atoms with Crippen molar-refractivity contribution in [3.63, 3.8) is 0 Å². The number of benzene rings is 1. The second kappa shape index (κ2) is 6.33. The number of carbonyl (C=O) groups excluding carboxylic acids is 2. The minimum absolute atomic E-state index is 0.149. The van der Waals surface area contributed by atoms with Crippen molar-refractivity contribution in [1.29, 1.82) is 0 Å². The fourth-order valence-electron chi connectivity index (χ4n) is 3.40. The number of hydrogen-bond donors (Lipinski definition) is 1. The van der Waals surface area contributed by atoms with E-state index in [0.717, 1.165) is 5.52 Å². The molecule has 0 aliphatic carbocycles. The number of furan rings is 1. The standard InChI is InChI=1S/C19H18FN3O3/c1-12-17(14-11-13(20)4-5-15(14)21-12)19(25)23-8-6-22(7-9-23)18(24)16-3-2-10-26-16/h2-5,10-11,21H,6-9H2,1H3. The molecule has 0 saturated carbocycles. The van der Waals surface area contributed by atoms with Gasteiger partial charge in [0.05, 0.1) is 11.8 Å². The van der Waals surface area contributed by atoms with E-state index in [1.165, 1.54) is 18.4 Å². The maximum atomic E-state index is 13.6. The summed E-state index contributed by atoms with van der Waals surface area (Å²) in [6, 6.07) is 7.68. The summed E-state index contributed by atoms with van der Waals surface area (Å²) >= 11 is 0. The zero-order valence-electron chi connectivity index (χ0n) is 14.3. The Bertz CT molecular complexity index is 969. The van der Waals surface area contributed by atoms with Crippen molar-refractivity contribution >= 4 is 22.7 Å². The highest BCUT2D eigenvalue weighted by molar-refractivity contribution is 6.08. The van der Waals surface area contributed by atoms with Gasteiger partial charge in [0.1, 0.15) is 5.82 Å². The second-order valence-corrected chi connectivity index (χ2v) is 6.38. The summed E-state index contributed by atoms with van der Waals surface area (Å²) in [5.74, 6) is -0.399. The molecule has 1 N–H and O–H groups in total. The number of aromatic amines is 1. The molecule has 134 valence electrons. The van der Waals surface area contributed by atoms with Gasteiger partial charge < -0.3 is 19.2 Å². The van der Waals surface area contributed by atoms with Crippen LogP contribution in [-0.2, 0) is 0 Å². The van der Waals surface area contributed by atoms with Crippen LogP contribution in [-0.4, -0.2) is 52.8 Å². The van der Waals surface area contributed by atoms with Crippen LogP contribution in [0.15, 0.2) is 41.0 Å². The Kier molecular flexibility index (Phi) is 3.99. The van der Waals surface area contributed by atoms with Gasteiger partial charge in [0.2, 0.25) is 0 Å². The van der Waals surface area contributed by atoms with Gasteiger partial charge in [-0.2, -0.15) is 0 Å². The average Bonchev–Trinajstić information content (AvgIpc) is 3.28. The molecule has 3 heterocycles. The van der Waals surface area contributed by atoms with Crippen LogP contribution in [0, 0.1) is 12.7 Å². The summed E-state index contributed by atoms with van der Waals surface area (Å²) in [6.45, 7) is 3.52. The normalized spacial score (nSPS) is 14.8. The molecule has 6 nitrogen and oxygen atoms in total. The van der Waals surface area contributed by atoms with Crippen molar-refractivity contribution in [3.05, 3.63) is 59.4 Å². The van der Waals surface area contributed by atoms with Crippen LogP contribution in [0.2, 0.25) is 0 Å². The molecule has 1 saturated heterocycles. The first-order chi connectivity index (χ1) is 12.5. The Morgan fingerprint density at radius 2 is 1.77 bits per heavy atom. The van der Waals surface area contributed by atoms with Crippen molar-refractivity contribution in [3.8, 4) is 0 Å². The number of amides is 2. The van der Waals surface area contributed by atoms with Crippen LogP contribution in [0.5, 0.6) is 0 Å². The number of aromatic nitrogens is 1. The molecule has 0 radical (unpaired) electrons. The number of H-pyrrole nitrogens is 1. The molecule has 26 heavy (non-hydrogen) atoms. The summed E-state index contributed by atoms with van der Waals surface area (Å²) in [5, 5.41) is 0.585. The Hall–Kier alpha value is -3.09. The van der Waals surface area contributed by atoms with E-state index in [9.17, 15) is 14.0 Å². The number of fused-ring (bicyclic) bond motifs is 1. The number of nitrogens with one attached hydrogen (secondary N) is 1. The lowest BCUT2D eigenvalue weighted by Gasteiger charge is -2.34. The monoisotopic (exact) mass is 355 g/mol. The number of aryl methyl sites for hydroxylation is 1. The fourth-order valence-corrected chi connectivity index (χ4v) is 3.40. The summed E-state index contributed by atoms with van der Waals surface area (Å²) in [6.07, 6.45) is 1.46. The van der Waals surface area contributed by atoms with Crippen LogP contribution in [0.25, 0.3) is 10.9 Å². The number of piperazine rings is 1. The molecule has 0 bridgehead atoms. The van der Waals surface area contributed by atoms with E-state index in [2.05, 4.69) is 4.98 Å². The van der Waals surface area contributed by atoms with E-state index >= 15 is 0 Å². The van der Waals surface area contributed by atoms with Crippen molar-refractivity contribution in [2.24, 2.45) is 0 Å². The molecule has 2 aromatic heterocycles. The van der Waals surface area contributed by atoms with Gasteiger partial charge in [0.15, 0.2) is 5.76 Å². The molecular formula is C19H18FN3O3. The first-order valence-corrected chi connectivity index (χ1v) is 8.44. The summed E-state index contributed by atoms with van der Waals surface area (Å²) in [7, 11) is 0. The highest BCUT2D eigenvalue weighted by Gasteiger charge is 2.28. The van der Waals surface area contributed by atoms with Gasteiger partial charge in [-0.15, -0.1) is 0 Å². The number of halogens is 1. The van der Waals surface area contributed by atoms with Crippen molar-refractivity contribution < 1.29 is 18.4 Å². The zero-order valence-corrected chi connectivity index (χ0v) is 14.3. The molecule has 1 aliphatic rings. The molecule has 1 aromatic carbocycles. The van der Waals surface area contributed by atoms with E-state index in [4.69, 9.17) is 4.42 Å². The average molecular weight is 355 g/mol. The lowest BCUT2D eigenvalue weighted by atomic mass is 10.1. The van der Waals surface area contributed by atoms with Crippen LogP contribution in [0.1, 0.15) is 26.6 Å².